The quantitative estimate of drug-likeness (QED) is 0.260. The molecule has 0 saturated heterocycles. The number of nitrogens with one attached hydrogen (secondary N) is 1. The van der Waals surface area contributed by atoms with Crippen molar-refractivity contribution >= 4 is 29.3 Å². The Hall–Kier alpha value is -4.23. The lowest BCUT2D eigenvalue weighted by molar-refractivity contribution is 0.306. The van der Waals surface area contributed by atoms with Crippen LogP contribution in [0.25, 0.3) is 17.0 Å². The summed E-state index contributed by atoms with van der Waals surface area (Å²) >= 11 is 5.99. The van der Waals surface area contributed by atoms with Gasteiger partial charge in [-0.05, 0) is 59.7 Å². The van der Waals surface area contributed by atoms with Crippen LogP contribution in [0.2, 0.25) is 5.02 Å². The van der Waals surface area contributed by atoms with Gasteiger partial charge in [-0.3, -0.25) is 5.43 Å². The first kappa shape index (κ1) is 20.7. The van der Waals surface area contributed by atoms with Crippen LogP contribution in [0.4, 0.5) is 5.82 Å². The van der Waals surface area contributed by atoms with Crippen LogP contribution >= 0.6 is 11.6 Å². The Labute approximate surface area is 195 Å². The molecule has 0 unspecified atom stereocenters. The molecule has 0 atom stereocenters. The first-order valence-corrected chi connectivity index (χ1v) is 10.7. The fraction of sp³-hybridized carbons (Fsp3) is 0.0400. The summed E-state index contributed by atoms with van der Waals surface area (Å²) in [5.41, 5.74) is 6.49. The minimum Gasteiger partial charge on any atom is -0.489 e. The van der Waals surface area contributed by atoms with Crippen molar-refractivity contribution in [3.63, 3.8) is 0 Å². The molecule has 0 aliphatic heterocycles. The second kappa shape index (κ2) is 9.50. The van der Waals surface area contributed by atoms with Crippen molar-refractivity contribution in [1.82, 2.24) is 19.8 Å². The van der Waals surface area contributed by atoms with E-state index in [1.165, 1.54) is 0 Å². The summed E-state index contributed by atoms with van der Waals surface area (Å²) in [5.74, 6) is 1.96. The smallest absolute Gasteiger partial charge is 0.185 e. The monoisotopic (exact) mass is 454 g/mol. The minimum absolute atomic E-state index is 0.512. The van der Waals surface area contributed by atoms with Crippen LogP contribution in [0.15, 0.2) is 96.1 Å². The fourth-order valence-electron chi connectivity index (χ4n) is 3.23. The Morgan fingerprint density at radius 1 is 0.909 bits per heavy atom. The van der Waals surface area contributed by atoms with Gasteiger partial charge in [0.25, 0.3) is 0 Å². The minimum atomic E-state index is 0.512. The summed E-state index contributed by atoms with van der Waals surface area (Å²) < 4.78 is 7.55. The van der Waals surface area contributed by atoms with E-state index >= 15 is 0 Å². The average Bonchev–Trinajstić information content (AvgIpc) is 3.28. The summed E-state index contributed by atoms with van der Waals surface area (Å²) in [6.45, 7) is 0.512. The molecule has 162 valence electrons. The van der Waals surface area contributed by atoms with Crippen LogP contribution in [0.1, 0.15) is 11.1 Å². The SMILES string of the molecule is Clc1ccc(-c2nnc3ccc(N/N=C\c4cccc(OCc5ccccc5)c4)nn23)cc1. The number of ether oxygens (including phenoxy) is 1. The molecule has 0 bridgehead atoms. The third kappa shape index (κ3) is 4.99. The molecule has 1 N–H and O–H groups in total. The zero-order valence-corrected chi connectivity index (χ0v) is 18.2. The molecule has 0 amide bonds. The van der Waals surface area contributed by atoms with Gasteiger partial charge in [-0.1, -0.05) is 54.1 Å². The maximum absolute atomic E-state index is 5.99. The lowest BCUT2D eigenvalue weighted by Crippen LogP contribution is -2.00. The van der Waals surface area contributed by atoms with E-state index in [1.54, 1.807) is 16.8 Å². The third-order valence-corrected chi connectivity index (χ3v) is 5.12. The van der Waals surface area contributed by atoms with Crippen LogP contribution < -0.4 is 10.2 Å². The molecule has 2 aromatic heterocycles. The topological polar surface area (TPSA) is 76.7 Å². The molecule has 0 aliphatic rings. The second-order valence-electron chi connectivity index (χ2n) is 7.24. The van der Waals surface area contributed by atoms with E-state index in [2.05, 4.69) is 25.8 Å². The molecule has 0 saturated carbocycles. The Morgan fingerprint density at radius 2 is 1.76 bits per heavy atom. The van der Waals surface area contributed by atoms with E-state index < -0.39 is 0 Å². The van der Waals surface area contributed by atoms with Crippen molar-refractivity contribution in [3.8, 4) is 17.1 Å². The van der Waals surface area contributed by atoms with Gasteiger partial charge in [0.05, 0.1) is 6.21 Å². The number of benzene rings is 3. The predicted octanol–water partition coefficient (Wildman–Crippen LogP) is 5.47. The van der Waals surface area contributed by atoms with Gasteiger partial charge in [0.2, 0.25) is 0 Å². The van der Waals surface area contributed by atoms with E-state index in [-0.39, 0.29) is 0 Å². The van der Waals surface area contributed by atoms with Crippen LogP contribution in [-0.2, 0) is 6.61 Å². The first-order chi connectivity index (χ1) is 16.2. The number of rotatable bonds is 7. The van der Waals surface area contributed by atoms with E-state index in [9.17, 15) is 0 Å². The third-order valence-electron chi connectivity index (χ3n) is 4.86. The highest BCUT2D eigenvalue weighted by Gasteiger charge is 2.10. The Kier molecular flexibility index (Phi) is 5.95. The maximum Gasteiger partial charge on any atom is 0.185 e. The van der Waals surface area contributed by atoms with Crippen LogP contribution in [-0.4, -0.2) is 26.0 Å². The maximum atomic E-state index is 5.99. The normalized spacial score (nSPS) is 11.2. The molecule has 0 spiro atoms. The van der Waals surface area contributed by atoms with Crippen molar-refractivity contribution in [2.75, 3.05) is 5.43 Å². The predicted molar refractivity (Wildman–Crippen MR) is 130 cm³/mol. The van der Waals surface area contributed by atoms with Gasteiger partial charge in [0.1, 0.15) is 12.4 Å². The number of hydrogen-bond donors (Lipinski definition) is 1. The summed E-state index contributed by atoms with van der Waals surface area (Å²) in [6, 6.07) is 28.8. The first-order valence-electron chi connectivity index (χ1n) is 10.3. The summed E-state index contributed by atoms with van der Waals surface area (Å²) in [7, 11) is 0. The zero-order chi connectivity index (χ0) is 22.5. The van der Waals surface area contributed by atoms with Crippen LogP contribution in [0.3, 0.4) is 0 Å². The molecule has 5 aromatic rings. The van der Waals surface area contributed by atoms with E-state index in [0.29, 0.717) is 28.9 Å². The highest BCUT2D eigenvalue weighted by molar-refractivity contribution is 6.30. The Morgan fingerprint density at radius 3 is 2.61 bits per heavy atom. The summed E-state index contributed by atoms with van der Waals surface area (Å²) in [5, 5.41) is 17.9. The molecule has 33 heavy (non-hydrogen) atoms. The fourth-order valence-corrected chi connectivity index (χ4v) is 3.35. The average molecular weight is 455 g/mol. The number of nitrogens with zero attached hydrogens (tertiary/aromatic N) is 5. The van der Waals surface area contributed by atoms with E-state index in [0.717, 1.165) is 22.4 Å². The highest BCUT2D eigenvalue weighted by atomic mass is 35.5. The number of halogens is 1. The van der Waals surface area contributed by atoms with Crippen molar-refractivity contribution < 1.29 is 4.74 Å². The summed E-state index contributed by atoms with van der Waals surface area (Å²) in [4.78, 5) is 0. The molecule has 8 heteroatoms. The molecule has 0 fully saturated rings. The molecule has 7 nitrogen and oxygen atoms in total. The number of hydrogen-bond acceptors (Lipinski definition) is 6. The number of aromatic nitrogens is 4. The molecule has 2 heterocycles. The zero-order valence-electron chi connectivity index (χ0n) is 17.5. The Bertz CT molecular complexity index is 1400. The molecule has 5 rings (SSSR count). The van der Waals surface area contributed by atoms with Crippen molar-refractivity contribution in [2.24, 2.45) is 5.10 Å². The lowest BCUT2D eigenvalue weighted by atomic mass is 10.2. The van der Waals surface area contributed by atoms with Crippen molar-refractivity contribution in [1.29, 1.82) is 0 Å². The van der Waals surface area contributed by atoms with Crippen LogP contribution in [0.5, 0.6) is 5.75 Å². The molecule has 0 aliphatic carbocycles. The second-order valence-corrected chi connectivity index (χ2v) is 7.67. The van der Waals surface area contributed by atoms with Gasteiger partial charge in [-0.2, -0.15) is 9.62 Å². The van der Waals surface area contributed by atoms with Gasteiger partial charge in [0.15, 0.2) is 17.3 Å². The number of anilines is 1. The van der Waals surface area contributed by atoms with Gasteiger partial charge >= 0.3 is 0 Å². The lowest BCUT2D eigenvalue weighted by Gasteiger charge is -2.07. The van der Waals surface area contributed by atoms with Crippen molar-refractivity contribution in [3.05, 3.63) is 107 Å². The van der Waals surface area contributed by atoms with Crippen LogP contribution in [0, 0.1) is 0 Å². The van der Waals surface area contributed by atoms with Gasteiger partial charge in [-0.15, -0.1) is 15.3 Å². The Balaban J connectivity index is 1.28. The number of hydrazone groups is 1. The van der Waals surface area contributed by atoms with Crippen molar-refractivity contribution in [2.45, 2.75) is 6.61 Å². The highest BCUT2D eigenvalue weighted by Crippen LogP contribution is 2.21. The van der Waals surface area contributed by atoms with Gasteiger partial charge in [0, 0.05) is 10.6 Å². The number of fused-ring (bicyclic) bond motifs is 1. The molecule has 3 aromatic carbocycles. The molecular weight excluding hydrogens is 436 g/mol. The van der Waals surface area contributed by atoms with Gasteiger partial charge in [-0.25, -0.2) is 0 Å². The van der Waals surface area contributed by atoms with E-state index in [1.807, 2.05) is 84.9 Å². The molecule has 0 radical (unpaired) electrons. The van der Waals surface area contributed by atoms with Gasteiger partial charge < -0.3 is 4.74 Å². The largest absolute Gasteiger partial charge is 0.489 e. The molecular formula is C25H19ClN6O. The standard InChI is InChI=1S/C25H19ClN6O/c26-21-11-9-20(10-12-21)25-30-29-24-14-13-23(31-32(24)25)28-27-16-19-7-4-8-22(15-19)33-17-18-5-2-1-3-6-18/h1-16H,17H2,(H,28,31)/b27-16-. The summed E-state index contributed by atoms with van der Waals surface area (Å²) in [6.07, 6.45) is 1.72. The van der Waals surface area contributed by atoms with E-state index in [4.69, 9.17) is 16.3 Å².